The van der Waals surface area contributed by atoms with E-state index in [4.69, 9.17) is 9.47 Å². The molecule has 3 rings (SSSR count). The number of hydrazone groups is 1. The molecule has 0 bridgehead atoms. The van der Waals surface area contributed by atoms with Crippen LogP contribution in [0.15, 0.2) is 77.9 Å². The lowest BCUT2D eigenvalue weighted by molar-refractivity contribution is -0.384. The molecule has 30 heavy (non-hydrogen) atoms. The van der Waals surface area contributed by atoms with E-state index in [-0.39, 0.29) is 18.2 Å². The Morgan fingerprint density at radius 1 is 1.07 bits per heavy atom. The molecule has 0 atom stereocenters. The number of benzene rings is 3. The van der Waals surface area contributed by atoms with Crippen molar-refractivity contribution in [1.82, 2.24) is 5.43 Å². The highest BCUT2D eigenvalue weighted by Gasteiger charge is 2.05. The smallest absolute Gasteiger partial charge is 0.271 e. The van der Waals surface area contributed by atoms with E-state index in [0.717, 1.165) is 11.1 Å². The maximum atomic E-state index is 12.1. The van der Waals surface area contributed by atoms with Crippen LogP contribution in [0.2, 0.25) is 0 Å². The van der Waals surface area contributed by atoms with E-state index < -0.39 is 4.92 Å². The van der Waals surface area contributed by atoms with Gasteiger partial charge in [0, 0.05) is 17.7 Å². The highest BCUT2D eigenvalue weighted by molar-refractivity contribution is 5.95. The van der Waals surface area contributed by atoms with Crippen molar-refractivity contribution in [1.29, 1.82) is 0 Å². The summed E-state index contributed by atoms with van der Waals surface area (Å²) in [6, 6.07) is 20.1. The van der Waals surface area contributed by atoms with Gasteiger partial charge in [-0.25, -0.2) is 5.43 Å². The molecule has 0 aliphatic rings. The van der Waals surface area contributed by atoms with Crippen molar-refractivity contribution in [2.24, 2.45) is 5.10 Å². The zero-order valence-electron chi connectivity index (χ0n) is 16.1. The van der Waals surface area contributed by atoms with Crippen LogP contribution in [0.3, 0.4) is 0 Å². The van der Waals surface area contributed by atoms with Crippen LogP contribution in [0.5, 0.6) is 11.5 Å². The Hall–Kier alpha value is -4.20. The van der Waals surface area contributed by atoms with Gasteiger partial charge in [-0.1, -0.05) is 12.1 Å². The monoisotopic (exact) mass is 405 g/mol. The third-order valence-corrected chi connectivity index (χ3v) is 4.14. The molecule has 3 aromatic carbocycles. The Bertz CT molecular complexity index is 1050. The Balaban J connectivity index is 1.55. The van der Waals surface area contributed by atoms with E-state index in [1.54, 1.807) is 61.7 Å². The first kappa shape index (κ1) is 20.5. The molecule has 0 radical (unpaired) electrons. The van der Waals surface area contributed by atoms with Crippen LogP contribution >= 0.6 is 0 Å². The molecular formula is C22H19N3O5. The molecule has 1 amide bonds. The van der Waals surface area contributed by atoms with Gasteiger partial charge in [-0.15, -0.1) is 0 Å². The number of carbonyl (C=O) groups is 1. The number of hydrogen-bond acceptors (Lipinski definition) is 6. The van der Waals surface area contributed by atoms with Crippen molar-refractivity contribution in [2.45, 2.75) is 6.61 Å². The van der Waals surface area contributed by atoms with Crippen LogP contribution in [0, 0.1) is 10.1 Å². The van der Waals surface area contributed by atoms with Gasteiger partial charge in [-0.3, -0.25) is 14.9 Å². The summed E-state index contributed by atoms with van der Waals surface area (Å²) in [6.07, 6.45) is 1.51. The van der Waals surface area contributed by atoms with Crippen molar-refractivity contribution < 1.29 is 19.2 Å². The lowest BCUT2D eigenvalue weighted by Crippen LogP contribution is -2.17. The van der Waals surface area contributed by atoms with E-state index in [0.29, 0.717) is 17.1 Å². The van der Waals surface area contributed by atoms with Gasteiger partial charge in [0.05, 0.1) is 18.2 Å². The van der Waals surface area contributed by atoms with Crippen molar-refractivity contribution >= 4 is 17.8 Å². The first-order chi connectivity index (χ1) is 14.5. The minimum absolute atomic E-state index is 0.0358. The van der Waals surface area contributed by atoms with Gasteiger partial charge < -0.3 is 9.47 Å². The van der Waals surface area contributed by atoms with Crippen molar-refractivity contribution in [2.75, 3.05) is 7.11 Å². The molecule has 0 aliphatic heterocycles. The second-order valence-corrected chi connectivity index (χ2v) is 6.21. The number of amides is 1. The Morgan fingerprint density at radius 3 is 2.47 bits per heavy atom. The maximum absolute atomic E-state index is 12.1. The van der Waals surface area contributed by atoms with E-state index in [9.17, 15) is 14.9 Å². The summed E-state index contributed by atoms with van der Waals surface area (Å²) in [7, 11) is 1.56. The van der Waals surface area contributed by atoms with Gasteiger partial charge in [0.25, 0.3) is 11.6 Å². The number of carbonyl (C=O) groups excluding carboxylic acids is 1. The number of nitrogens with one attached hydrogen (secondary N) is 1. The first-order valence-electron chi connectivity index (χ1n) is 8.99. The quantitative estimate of drug-likeness (QED) is 0.347. The van der Waals surface area contributed by atoms with Crippen LogP contribution in [-0.4, -0.2) is 24.2 Å². The zero-order chi connectivity index (χ0) is 21.3. The zero-order valence-corrected chi connectivity index (χ0v) is 16.1. The number of hydrogen-bond donors (Lipinski definition) is 1. The van der Waals surface area contributed by atoms with Crippen LogP contribution in [0.4, 0.5) is 5.69 Å². The number of ether oxygens (including phenoxy) is 2. The summed E-state index contributed by atoms with van der Waals surface area (Å²) >= 11 is 0. The first-order valence-corrected chi connectivity index (χ1v) is 8.99. The molecule has 0 aliphatic carbocycles. The highest BCUT2D eigenvalue weighted by atomic mass is 16.6. The van der Waals surface area contributed by atoms with Gasteiger partial charge in [0.2, 0.25) is 0 Å². The van der Waals surface area contributed by atoms with Crippen molar-refractivity contribution in [3.63, 3.8) is 0 Å². The van der Waals surface area contributed by atoms with Gasteiger partial charge in [-0.2, -0.15) is 5.10 Å². The SMILES string of the molecule is COc1ccc(C(=O)N/N=C/c2cccc(OCc3ccc([N+](=O)[O-])cc3)c2)cc1. The van der Waals surface area contributed by atoms with E-state index in [2.05, 4.69) is 10.5 Å². The molecule has 0 saturated carbocycles. The molecule has 152 valence electrons. The standard InChI is InChI=1S/C22H19N3O5/c1-29-20-11-7-18(8-12-20)22(26)24-23-14-17-3-2-4-21(13-17)30-15-16-5-9-19(10-6-16)25(27)28/h2-14H,15H2,1H3,(H,24,26)/b23-14+. The molecule has 0 spiro atoms. The van der Waals surface area contributed by atoms with E-state index in [1.807, 2.05) is 6.07 Å². The lowest BCUT2D eigenvalue weighted by Gasteiger charge is -2.07. The normalized spacial score (nSPS) is 10.6. The molecular weight excluding hydrogens is 386 g/mol. The van der Waals surface area contributed by atoms with Crippen LogP contribution in [0.25, 0.3) is 0 Å². The lowest BCUT2D eigenvalue weighted by atomic mass is 10.2. The number of nitro benzene ring substituents is 1. The fraction of sp³-hybridized carbons (Fsp3) is 0.0909. The Labute approximate surface area is 172 Å². The number of nitrogens with zero attached hydrogens (tertiary/aromatic N) is 2. The fourth-order valence-corrected chi connectivity index (χ4v) is 2.54. The highest BCUT2D eigenvalue weighted by Crippen LogP contribution is 2.16. The second kappa shape index (κ2) is 9.83. The molecule has 8 heteroatoms. The topological polar surface area (TPSA) is 103 Å². The van der Waals surface area contributed by atoms with E-state index in [1.165, 1.54) is 18.3 Å². The summed E-state index contributed by atoms with van der Waals surface area (Å²) in [5, 5.41) is 14.7. The van der Waals surface area contributed by atoms with Gasteiger partial charge >= 0.3 is 0 Å². The second-order valence-electron chi connectivity index (χ2n) is 6.21. The predicted octanol–water partition coefficient (Wildman–Crippen LogP) is 3.95. The summed E-state index contributed by atoms with van der Waals surface area (Å²) in [5.74, 6) is 0.943. The molecule has 8 nitrogen and oxygen atoms in total. The number of non-ortho nitro benzene ring substituents is 1. The maximum Gasteiger partial charge on any atom is 0.271 e. The third-order valence-electron chi connectivity index (χ3n) is 4.14. The van der Waals surface area contributed by atoms with Crippen LogP contribution in [0.1, 0.15) is 21.5 Å². The largest absolute Gasteiger partial charge is 0.497 e. The average Bonchev–Trinajstić information content (AvgIpc) is 2.78. The Morgan fingerprint density at radius 2 is 1.80 bits per heavy atom. The molecule has 0 fully saturated rings. The van der Waals surface area contributed by atoms with E-state index >= 15 is 0 Å². The summed E-state index contributed by atoms with van der Waals surface area (Å²) < 4.78 is 10.8. The molecule has 0 aromatic heterocycles. The molecule has 0 heterocycles. The van der Waals surface area contributed by atoms with Crippen LogP contribution < -0.4 is 14.9 Å². The minimum atomic E-state index is -0.444. The number of nitro groups is 1. The van der Waals surface area contributed by atoms with Gasteiger partial charge in [0.15, 0.2) is 0 Å². The average molecular weight is 405 g/mol. The minimum Gasteiger partial charge on any atom is -0.497 e. The Kier molecular flexibility index (Phi) is 6.73. The third kappa shape index (κ3) is 5.65. The predicted molar refractivity (Wildman–Crippen MR) is 112 cm³/mol. The molecule has 0 unspecified atom stereocenters. The van der Waals surface area contributed by atoms with Gasteiger partial charge in [-0.05, 0) is 59.7 Å². The van der Waals surface area contributed by atoms with Crippen molar-refractivity contribution in [3.8, 4) is 11.5 Å². The molecule has 3 aromatic rings. The summed E-state index contributed by atoms with van der Waals surface area (Å²) in [4.78, 5) is 22.3. The fourth-order valence-electron chi connectivity index (χ4n) is 2.54. The van der Waals surface area contributed by atoms with Gasteiger partial charge in [0.1, 0.15) is 18.1 Å². The number of methoxy groups -OCH3 is 1. The summed E-state index contributed by atoms with van der Waals surface area (Å²) in [5.41, 5.74) is 4.53. The van der Waals surface area contributed by atoms with Crippen LogP contribution in [-0.2, 0) is 6.61 Å². The summed E-state index contributed by atoms with van der Waals surface area (Å²) in [6.45, 7) is 0.271. The van der Waals surface area contributed by atoms with Crippen molar-refractivity contribution in [3.05, 3.63) is 99.6 Å². The molecule has 1 N–H and O–H groups in total. The molecule has 0 saturated heterocycles. The number of rotatable bonds is 8.